The van der Waals surface area contributed by atoms with Crippen molar-refractivity contribution in [3.8, 4) is 5.69 Å². The van der Waals surface area contributed by atoms with Gasteiger partial charge in [0.15, 0.2) is 5.65 Å². The van der Waals surface area contributed by atoms with Gasteiger partial charge in [-0.3, -0.25) is 4.90 Å². The normalized spacial score (nSPS) is 22.1. The lowest BCUT2D eigenvalue weighted by Crippen LogP contribution is -2.70. The fraction of sp³-hybridized carbons (Fsp3) is 0.560. The second kappa shape index (κ2) is 9.59. The molecule has 2 aromatic heterocycles. The Morgan fingerprint density at radius 3 is 2.51 bits per heavy atom. The number of morpholine rings is 1. The van der Waals surface area contributed by atoms with Crippen LogP contribution in [0.3, 0.4) is 0 Å². The number of fused-ring (bicyclic) bond motifs is 1. The zero-order chi connectivity index (χ0) is 27.4. The molecule has 0 amide bonds. The molecular weight excluding hydrogens is 535 g/mol. The highest BCUT2D eigenvalue weighted by atomic mass is 32.2. The fourth-order valence-corrected chi connectivity index (χ4v) is 7.14. The molecule has 0 unspecified atom stereocenters. The van der Waals surface area contributed by atoms with Crippen LogP contribution in [0.5, 0.6) is 0 Å². The van der Waals surface area contributed by atoms with Crippen molar-refractivity contribution in [2.45, 2.75) is 37.5 Å². The van der Waals surface area contributed by atoms with E-state index in [0.29, 0.717) is 48.9 Å². The van der Waals surface area contributed by atoms with E-state index in [1.165, 1.54) is 10.7 Å². The molecule has 0 saturated carbocycles. The predicted molar refractivity (Wildman–Crippen MR) is 140 cm³/mol. The molecule has 3 saturated heterocycles. The van der Waals surface area contributed by atoms with Crippen LogP contribution >= 0.6 is 0 Å². The van der Waals surface area contributed by atoms with Crippen molar-refractivity contribution < 1.29 is 26.3 Å². The Morgan fingerprint density at radius 2 is 1.82 bits per heavy atom. The zero-order valence-corrected chi connectivity index (χ0v) is 22.3. The van der Waals surface area contributed by atoms with Gasteiger partial charge in [0.05, 0.1) is 53.1 Å². The number of rotatable bonds is 5. The van der Waals surface area contributed by atoms with E-state index in [0.717, 1.165) is 38.3 Å². The fourth-order valence-electron chi connectivity index (χ4n) is 5.65. The smallest absolute Gasteiger partial charge is 0.379 e. The summed E-state index contributed by atoms with van der Waals surface area (Å²) in [6.45, 7) is 6.75. The third-order valence-corrected chi connectivity index (χ3v) is 9.57. The first kappa shape index (κ1) is 26.3. The Bertz CT molecular complexity index is 1470. The average Bonchev–Trinajstić information content (AvgIpc) is 3.32. The molecule has 3 aliphatic heterocycles. The van der Waals surface area contributed by atoms with Gasteiger partial charge in [0.2, 0.25) is 5.95 Å². The van der Waals surface area contributed by atoms with Gasteiger partial charge in [-0.1, -0.05) is 6.07 Å². The lowest BCUT2D eigenvalue weighted by Gasteiger charge is -2.55. The number of sulfone groups is 1. The SMILES string of the molecule is CC1(N2CCOCC2)CN(c2nc(NC3CCS(=O)(=O)CC3)nc3c2cnn3-c2cccc(C(F)(F)F)c2)C1. The van der Waals surface area contributed by atoms with Crippen LogP contribution in [-0.4, -0.2) is 95.5 Å². The third kappa shape index (κ3) is 5.16. The molecule has 6 rings (SSSR count). The maximum atomic E-state index is 13.4. The van der Waals surface area contributed by atoms with Gasteiger partial charge in [-0.15, -0.1) is 0 Å². The quantitative estimate of drug-likeness (QED) is 0.500. The first-order valence-electron chi connectivity index (χ1n) is 13.0. The zero-order valence-electron chi connectivity index (χ0n) is 21.5. The molecule has 10 nitrogen and oxygen atoms in total. The van der Waals surface area contributed by atoms with Crippen molar-refractivity contribution in [3.63, 3.8) is 0 Å². The Hall–Kier alpha value is -2.97. The van der Waals surface area contributed by atoms with Crippen molar-refractivity contribution in [2.75, 3.05) is 61.1 Å². The van der Waals surface area contributed by atoms with Gasteiger partial charge in [0, 0.05) is 32.2 Å². The van der Waals surface area contributed by atoms with Gasteiger partial charge in [0.1, 0.15) is 15.7 Å². The van der Waals surface area contributed by atoms with E-state index >= 15 is 0 Å². The minimum atomic E-state index is -4.49. The van der Waals surface area contributed by atoms with Crippen molar-refractivity contribution in [2.24, 2.45) is 0 Å². The van der Waals surface area contributed by atoms with E-state index in [1.54, 1.807) is 12.3 Å². The number of aromatic nitrogens is 4. The Kier molecular flexibility index (Phi) is 6.46. The van der Waals surface area contributed by atoms with Crippen LogP contribution in [0.2, 0.25) is 0 Å². The van der Waals surface area contributed by atoms with E-state index in [1.807, 2.05) is 0 Å². The van der Waals surface area contributed by atoms with Gasteiger partial charge in [-0.2, -0.15) is 28.2 Å². The summed E-state index contributed by atoms with van der Waals surface area (Å²) in [7, 11) is -3.04. The highest BCUT2D eigenvalue weighted by Crippen LogP contribution is 2.37. The summed E-state index contributed by atoms with van der Waals surface area (Å²) >= 11 is 0. The highest BCUT2D eigenvalue weighted by molar-refractivity contribution is 7.91. The van der Waals surface area contributed by atoms with E-state index in [4.69, 9.17) is 9.72 Å². The van der Waals surface area contributed by atoms with Crippen LogP contribution in [0.25, 0.3) is 16.7 Å². The number of halogens is 3. The maximum absolute atomic E-state index is 13.4. The minimum Gasteiger partial charge on any atom is -0.379 e. The Labute approximate surface area is 224 Å². The van der Waals surface area contributed by atoms with Crippen LogP contribution < -0.4 is 10.2 Å². The number of ether oxygens (including phenoxy) is 1. The average molecular weight is 566 g/mol. The molecule has 0 atom stereocenters. The molecule has 210 valence electrons. The van der Waals surface area contributed by atoms with Crippen molar-refractivity contribution >= 4 is 32.6 Å². The molecule has 5 heterocycles. The van der Waals surface area contributed by atoms with Crippen LogP contribution in [0.15, 0.2) is 30.5 Å². The molecule has 3 aromatic rings. The molecule has 14 heteroatoms. The van der Waals surface area contributed by atoms with E-state index in [2.05, 4.69) is 32.1 Å². The minimum absolute atomic E-state index is 0.0522. The predicted octanol–water partition coefficient (Wildman–Crippen LogP) is 2.73. The summed E-state index contributed by atoms with van der Waals surface area (Å²) in [6.07, 6.45) is -2.03. The van der Waals surface area contributed by atoms with Crippen LogP contribution in [0.1, 0.15) is 25.3 Å². The van der Waals surface area contributed by atoms with Crippen LogP contribution in [0, 0.1) is 0 Å². The highest BCUT2D eigenvalue weighted by Gasteiger charge is 2.45. The number of benzene rings is 1. The molecule has 0 aliphatic carbocycles. The van der Waals surface area contributed by atoms with Crippen molar-refractivity contribution in [3.05, 3.63) is 36.0 Å². The summed E-state index contributed by atoms with van der Waals surface area (Å²) in [5.41, 5.74) is -0.210. The van der Waals surface area contributed by atoms with Crippen LogP contribution in [-0.2, 0) is 20.8 Å². The first-order chi connectivity index (χ1) is 18.5. The molecule has 0 bridgehead atoms. The van der Waals surface area contributed by atoms with Gasteiger partial charge < -0.3 is 15.0 Å². The summed E-state index contributed by atoms with van der Waals surface area (Å²) in [4.78, 5) is 14.0. The molecular formula is C25H30F3N7O3S. The first-order valence-corrected chi connectivity index (χ1v) is 14.8. The second-order valence-electron chi connectivity index (χ2n) is 10.7. The van der Waals surface area contributed by atoms with E-state index in [9.17, 15) is 21.6 Å². The molecule has 0 radical (unpaired) electrons. The second-order valence-corrected chi connectivity index (χ2v) is 13.0. The van der Waals surface area contributed by atoms with Crippen molar-refractivity contribution in [1.82, 2.24) is 24.6 Å². The van der Waals surface area contributed by atoms with Gasteiger partial charge in [0.25, 0.3) is 0 Å². The number of alkyl halides is 3. The van der Waals surface area contributed by atoms with E-state index in [-0.39, 0.29) is 28.8 Å². The number of hydrogen-bond donors (Lipinski definition) is 1. The van der Waals surface area contributed by atoms with Crippen LogP contribution in [0.4, 0.5) is 24.9 Å². The lowest BCUT2D eigenvalue weighted by molar-refractivity contribution is -0.137. The summed E-state index contributed by atoms with van der Waals surface area (Å²) in [5.74, 6) is 1.13. The lowest BCUT2D eigenvalue weighted by atomic mass is 9.89. The number of nitrogens with one attached hydrogen (secondary N) is 1. The number of nitrogens with zero attached hydrogens (tertiary/aromatic N) is 6. The largest absolute Gasteiger partial charge is 0.416 e. The maximum Gasteiger partial charge on any atom is 0.416 e. The molecule has 3 fully saturated rings. The summed E-state index contributed by atoms with van der Waals surface area (Å²) in [5, 5.41) is 8.32. The van der Waals surface area contributed by atoms with Gasteiger partial charge in [-0.05, 0) is 38.0 Å². The standard InChI is InChI=1S/C25H30F3N7O3S/c1-24(34-7-9-38-10-8-34)15-33(16-24)21-20-14-29-35(19-4-2-3-17(13-19)25(26,27)28)22(20)32-23(31-21)30-18-5-11-39(36,37)12-6-18/h2-4,13-14,18H,5-12,15-16H2,1H3,(H,30,31,32). The summed E-state index contributed by atoms with van der Waals surface area (Å²) in [6, 6.07) is 4.85. The van der Waals surface area contributed by atoms with Gasteiger partial charge >= 0.3 is 6.18 Å². The third-order valence-electron chi connectivity index (χ3n) is 7.85. The molecule has 3 aliphatic rings. The molecule has 1 aromatic carbocycles. The Morgan fingerprint density at radius 1 is 1.10 bits per heavy atom. The summed E-state index contributed by atoms with van der Waals surface area (Å²) < 4.78 is 71.0. The molecule has 39 heavy (non-hydrogen) atoms. The molecule has 1 N–H and O–H groups in total. The van der Waals surface area contributed by atoms with Crippen molar-refractivity contribution in [1.29, 1.82) is 0 Å². The number of anilines is 2. The Balaban J connectivity index is 1.36. The topological polar surface area (TPSA) is 105 Å². The number of hydrogen-bond acceptors (Lipinski definition) is 9. The van der Waals surface area contributed by atoms with Gasteiger partial charge in [-0.25, -0.2) is 13.1 Å². The molecule has 0 spiro atoms. The van der Waals surface area contributed by atoms with E-state index < -0.39 is 21.6 Å². The monoisotopic (exact) mass is 565 g/mol.